The number of rotatable bonds is 4. The van der Waals surface area contributed by atoms with E-state index in [1.807, 2.05) is 5.43 Å². The molecule has 1 aromatic carbocycles. The third kappa shape index (κ3) is 3.45. The molecule has 0 bridgehead atoms. The van der Waals surface area contributed by atoms with Crippen LogP contribution in [0.5, 0.6) is 0 Å². The third-order valence-electron chi connectivity index (χ3n) is 2.42. The van der Waals surface area contributed by atoms with Gasteiger partial charge < -0.3 is 5.32 Å². The second-order valence-corrected chi connectivity index (χ2v) is 3.90. The van der Waals surface area contributed by atoms with Crippen LogP contribution in [0.15, 0.2) is 30.6 Å². The van der Waals surface area contributed by atoms with Crippen molar-refractivity contribution in [3.8, 4) is 0 Å². The van der Waals surface area contributed by atoms with Crippen LogP contribution in [0.3, 0.4) is 0 Å². The molecule has 0 saturated heterocycles. The van der Waals surface area contributed by atoms with Crippen LogP contribution in [0.25, 0.3) is 0 Å². The molecule has 1 amide bonds. The van der Waals surface area contributed by atoms with Gasteiger partial charge in [-0.05, 0) is 17.7 Å². The van der Waals surface area contributed by atoms with Crippen LogP contribution in [0.4, 0.5) is 14.7 Å². The molecule has 8 heteroatoms. The number of nitrogens with two attached hydrogens (primary N) is 1. The number of hydrogen-bond donors (Lipinski definition) is 3. The predicted octanol–water partition coefficient (Wildman–Crippen LogP) is 0.970. The monoisotopic (exact) mass is 279 g/mol. The van der Waals surface area contributed by atoms with Crippen LogP contribution in [-0.4, -0.2) is 15.9 Å². The minimum absolute atomic E-state index is 0.150. The molecule has 2 rings (SSSR count). The van der Waals surface area contributed by atoms with E-state index in [1.54, 1.807) is 0 Å². The van der Waals surface area contributed by atoms with Crippen LogP contribution in [-0.2, 0) is 6.54 Å². The largest absolute Gasteiger partial charge is 0.350 e. The Balaban J connectivity index is 2.02. The minimum Gasteiger partial charge on any atom is -0.350 e. The first-order valence-corrected chi connectivity index (χ1v) is 5.60. The number of amides is 1. The summed E-state index contributed by atoms with van der Waals surface area (Å²) in [5.41, 5.74) is 2.56. The van der Waals surface area contributed by atoms with Crippen LogP contribution in [0, 0.1) is 11.6 Å². The summed E-state index contributed by atoms with van der Waals surface area (Å²) in [6, 6.07) is 3.19. The third-order valence-corrected chi connectivity index (χ3v) is 2.42. The lowest BCUT2D eigenvalue weighted by molar-refractivity contribution is 0.0953. The molecule has 0 atom stereocenters. The van der Waals surface area contributed by atoms with E-state index < -0.39 is 17.5 Å². The average Bonchev–Trinajstić information content (AvgIpc) is 2.44. The highest BCUT2D eigenvalue weighted by Crippen LogP contribution is 2.09. The summed E-state index contributed by atoms with van der Waals surface area (Å²) in [7, 11) is 0. The lowest BCUT2D eigenvalue weighted by Gasteiger charge is -2.06. The molecular formula is C12H11F2N5O. The molecule has 0 aliphatic heterocycles. The second kappa shape index (κ2) is 6.02. The van der Waals surface area contributed by atoms with E-state index >= 15 is 0 Å². The smallest absolute Gasteiger partial charge is 0.268 e. The topological polar surface area (TPSA) is 92.9 Å². The Bertz CT molecular complexity index is 597. The molecule has 104 valence electrons. The van der Waals surface area contributed by atoms with Crippen LogP contribution in [0.1, 0.15) is 15.9 Å². The van der Waals surface area contributed by atoms with Gasteiger partial charge in [-0.15, -0.1) is 0 Å². The standard InChI is InChI=1S/C12H11F2N5O/c13-9-1-7(2-10(14)3-9)4-16-12-17-5-8(6-18-12)11(20)19-15/h1-3,5-6H,4,15H2,(H,19,20)(H,16,17,18). The van der Waals surface area contributed by atoms with Gasteiger partial charge in [0.1, 0.15) is 11.6 Å². The van der Waals surface area contributed by atoms with Gasteiger partial charge in [0.05, 0.1) is 5.56 Å². The minimum atomic E-state index is -0.655. The molecule has 6 nitrogen and oxygen atoms in total. The molecule has 4 N–H and O–H groups in total. The van der Waals surface area contributed by atoms with Crippen molar-refractivity contribution in [3.63, 3.8) is 0 Å². The second-order valence-electron chi connectivity index (χ2n) is 3.90. The Kier molecular flexibility index (Phi) is 4.16. The maximum atomic E-state index is 13.0. The zero-order valence-electron chi connectivity index (χ0n) is 10.2. The van der Waals surface area contributed by atoms with Gasteiger partial charge in [0.2, 0.25) is 5.95 Å². The Morgan fingerprint density at radius 3 is 2.30 bits per heavy atom. The van der Waals surface area contributed by atoms with E-state index in [2.05, 4.69) is 15.3 Å². The van der Waals surface area contributed by atoms with Crippen molar-refractivity contribution in [2.45, 2.75) is 6.54 Å². The Morgan fingerprint density at radius 2 is 1.75 bits per heavy atom. The maximum absolute atomic E-state index is 13.0. The first-order chi connectivity index (χ1) is 9.58. The number of benzene rings is 1. The number of halogens is 2. The van der Waals surface area contributed by atoms with Gasteiger partial charge in [-0.25, -0.2) is 24.6 Å². The quantitative estimate of drug-likeness (QED) is 0.440. The van der Waals surface area contributed by atoms with Gasteiger partial charge in [-0.2, -0.15) is 0 Å². The zero-order valence-corrected chi connectivity index (χ0v) is 10.2. The molecule has 0 aliphatic rings. The van der Waals surface area contributed by atoms with Crippen molar-refractivity contribution in [1.82, 2.24) is 15.4 Å². The van der Waals surface area contributed by atoms with Crippen molar-refractivity contribution in [2.24, 2.45) is 5.84 Å². The summed E-state index contributed by atoms with van der Waals surface area (Å²) in [6.07, 6.45) is 2.56. The molecule has 0 fully saturated rings. The van der Waals surface area contributed by atoms with E-state index in [1.165, 1.54) is 24.5 Å². The summed E-state index contributed by atoms with van der Waals surface area (Å²) in [4.78, 5) is 18.9. The maximum Gasteiger partial charge on any atom is 0.268 e. The lowest BCUT2D eigenvalue weighted by Crippen LogP contribution is -2.30. The SMILES string of the molecule is NNC(=O)c1cnc(NCc2cc(F)cc(F)c2)nc1. The first-order valence-electron chi connectivity index (χ1n) is 5.60. The van der Waals surface area contributed by atoms with Gasteiger partial charge in [0.15, 0.2) is 0 Å². The Labute approximate surface area is 113 Å². The Morgan fingerprint density at radius 1 is 1.15 bits per heavy atom. The fourth-order valence-electron chi connectivity index (χ4n) is 1.51. The number of nitrogens with one attached hydrogen (secondary N) is 2. The van der Waals surface area contributed by atoms with Gasteiger partial charge in [-0.1, -0.05) is 0 Å². The molecule has 20 heavy (non-hydrogen) atoms. The number of carbonyl (C=O) groups is 1. The van der Waals surface area contributed by atoms with E-state index in [0.717, 1.165) is 6.07 Å². The van der Waals surface area contributed by atoms with Gasteiger partial charge in [-0.3, -0.25) is 10.2 Å². The Hall–Kier alpha value is -2.61. The number of nitrogens with zero attached hydrogens (tertiary/aromatic N) is 2. The van der Waals surface area contributed by atoms with Crippen LogP contribution < -0.4 is 16.6 Å². The lowest BCUT2D eigenvalue weighted by atomic mass is 10.2. The van der Waals surface area contributed by atoms with Crippen molar-refractivity contribution in [2.75, 3.05) is 5.32 Å². The molecule has 0 aliphatic carbocycles. The summed E-state index contributed by atoms with van der Waals surface area (Å²) in [6.45, 7) is 0.150. The van der Waals surface area contributed by atoms with Crippen molar-refractivity contribution in [1.29, 1.82) is 0 Å². The highest BCUT2D eigenvalue weighted by molar-refractivity contribution is 5.93. The fourth-order valence-corrected chi connectivity index (χ4v) is 1.51. The summed E-state index contributed by atoms with van der Waals surface area (Å²) >= 11 is 0. The van der Waals surface area contributed by atoms with Crippen LogP contribution in [0.2, 0.25) is 0 Å². The highest BCUT2D eigenvalue weighted by Gasteiger charge is 2.05. The van der Waals surface area contributed by atoms with Crippen LogP contribution >= 0.6 is 0 Å². The molecular weight excluding hydrogens is 268 g/mol. The van der Waals surface area contributed by atoms with Gasteiger partial charge in [0.25, 0.3) is 5.91 Å². The van der Waals surface area contributed by atoms with E-state index in [0.29, 0.717) is 5.56 Å². The molecule has 2 aromatic rings. The van der Waals surface area contributed by atoms with Crippen molar-refractivity contribution < 1.29 is 13.6 Å². The van der Waals surface area contributed by atoms with E-state index in [4.69, 9.17) is 5.84 Å². The molecule has 0 spiro atoms. The predicted molar refractivity (Wildman–Crippen MR) is 67.4 cm³/mol. The molecule has 1 heterocycles. The molecule has 1 aromatic heterocycles. The zero-order chi connectivity index (χ0) is 14.5. The number of hydrogen-bond acceptors (Lipinski definition) is 5. The molecule has 0 radical (unpaired) electrons. The normalized spacial score (nSPS) is 10.2. The fraction of sp³-hybridized carbons (Fsp3) is 0.0833. The molecule has 0 unspecified atom stereocenters. The highest BCUT2D eigenvalue weighted by atomic mass is 19.1. The van der Waals surface area contributed by atoms with Gasteiger partial charge >= 0.3 is 0 Å². The summed E-state index contributed by atoms with van der Waals surface area (Å²) in [5.74, 6) is 3.37. The molecule has 0 saturated carbocycles. The summed E-state index contributed by atoms with van der Waals surface area (Å²) < 4.78 is 26.0. The average molecular weight is 279 g/mol. The number of aromatic nitrogens is 2. The number of nitrogen functional groups attached to an aromatic ring is 1. The van der Waals surface area contributed by atoms with E-state index in [9.17, 15) is 13.6 Å². The number of hydrazine groups is 1. The van der Waals surface area contributed by atoms with Crippen molar-refractivity contribution in [3.05, 3.63) is 53.4 Å². The van der Waals surface area contributed by atoms with Gasteiger partial charge in [0, 0.05) is 25.0 Å². The summed E-state index contributed by atoms with van der Waals surface area (Å²) in [5, 5.41) is 2.78. The number of carbonyl (C=O) groups excluding carboxylic acids is 1. The van der Waals surface area contributed by atoms with Crippen molar-refractivity contribution >= 4 is 11.9 Å². The number of anilines is 1. The first kappa shape index (κ1) is 13.8. The van der Waals surface area contributed by atoms with E-state index in [-0.39, 0.29) is 18.1 Å².